The van der Waals surface area contributed by atoms with E-state index in [2.05, 4.69) is 56.3 Å². The van der Waals surface area contributed by atoms with Crippen molar-refractivity contribution in [1.82, 2.24) is 0 Å². The molecule has 0 bridgehead atoms. The van der Waals surface area contributed by atoms with E-state index in [-0.39, 0.29) is 11.6 Å². The predicted octanol–water partition coefficient (Wildman–Crippen LogP) is 7.33. The van der Waals surface area contributed by atoms with Gasteiger partial charge in [0.1, 0.15) is 0 Å². The zero-order valence-electron chi connectivity index (χ0n) is 18.7. The molecule has 4 aromatic carbocycles. The molecule has 3 heteroatoms. The summed E-state index contributed by atoms with van der Waals surface area (Å²) in [5.74, 6) is 0.485. The van der Waals surface area contributed by atoms with Gasteiger partial charge in [0, 0.05) is 32.0 Å². The summed E-state index contributed by atoms with van der Waals surface area (Å²) >= 11 is 1.90. The standard InChI is InChI=1S/C16H16S.C14H8O2/c1-11(2)12-7-8-16-14(9-12)10-13-5-3-4-6-15(13)17-16;15-13-9-5-1-2-6-10(9)14(16)12-8-4-3-7-11(12)13/h3-9,11H,10H2,1-2H3;1-8H. The molecular weight excluding hydrogens is 424 g/mol. The van der Waals surface area contributed by atoms with Crippen LogP contribution < -0.4 is 0 Å². The van der Waals surface area contributed by atoms with Crippen LogP contribution in [-0.4, -0.2) is 11.6 Å². The fourth-order valence-electron chi connectivity index (χ4n) is 4.32. The molecule has 2 nitrogen and oxygen atoms in total. The number of ketones is 2. The first-order valence-electron chi connectivity index (χ1n) is 11.2. The average molecular weight is 449 g/mol. The second-order valence-corrected chi connectivity index (χ2v) is 9.74. The maximum Gasteiger partial charge on any atom is 0.194 e. The highest BCUT2D eigenvalue weighted by Crippen LogP contribution is 2.40. The Morgan fingerprint density at radius 2 is 1.09 bits per heavy atom. The van der Waals surface area contributed by atoms with Crippen molar-refractivity contribution in [3.8, 4) is 0 Å². The Morgan fingerprint density at radius 3 is 1.64 bits per heavy atom. The topological polar surface area (TPSA) is 34.1 Å². The number of carbonyl (C=O) groups excluding carboxylic acids is 2. The van der Waals surface area contributed by atoms with Gasteiger partial charge in [-0.2, -0.15) is 0 Å². The lowest BCUT2D eigenvalue weighted by Crippen LogP contribution is -2.20. The first-order valence-corrected chi connectivity index (χ1v) is 12.0. The molecule has 0 saturated carbocycles. The molecule has 162 valence electrons. The minimum absolute atomic E-state index is 0.0641. The van der Waals surface area contributed by atoms with Crippen LogP contribution in [0.2, 0.25) is 0 Å². The molecule has 0 radical (unpaired) electrons. The molecule has 33 heavy (non-hydrogen) atoms. The third-order valence-corrected chi connectivity index (χ3v) is 7.39. The lowest BCUT2D eigenvalue weighted by Gasteiger charge is -2.20. The number of hydrogen-bond donors (Lipinski definition) is 0. The third-order valence-electron chi connectivity index (χ3n) is 6.16. The summed E-state index contributed by atoms with van der Waals surface area (Å²) in [6.07, 6.45) is 1.08. The third kappa shape index (κ3) is 4.05. The van der Waals surface area contributed by atoms with Crippen LogP contribution in [0.15, 0.2) is 101 Å². The van der Waals surface area contributed by atoms with E-state index >= 15 is 0 Å². The lowest BCUT2D eigenvalue weighted by molar-refractivity contribution is 0.0979. The van der Waals surface area contributed by atoms with Crippen molar-refractivity contribution in [2.45, 2.75) is 36.0 Å². The number of fused-ring (bicyclic) bond motifs is 4. The van der Waals surface area contributed by atoms with Gasteiger partial charge in [0.05, 0.1) is 0 Å². The molecule has 0 N–H and O–H groups in total. The molecule has 1 heterocycles. The Hall–Kier alpha value is -3.43. The normalized spacial score (nSPS) is 13.3. The van der Waals surface area contributed by atoms with Gasteiger partial charge >= 0.3 is 0 Å². The highest BCUT2D eigenvalue weighted by molar-refractivity contribution is 7.99. The molecule has 1 aliphatic heterocycles. The van der Waals surface area contributed by atoms with Crippen LogP contribution in [0.4, 0.5) is 0 Å². The molecule has 0 unspecified atom stereocenters. The van der Waals surface area contributed by atoms with Gasteiger partial charge in [0.2, 0.25) is 0 Å². The van der Waals surface area contributed by atoms with Gasteiger partial charge in [-0.05, 0) is 41.2 Å². The fourth-order valence-corrected chi connectivity index (χ4v) is 5.37. The average Bonchev–Trinajstić information content (AvgIpc) is 2.86. The van der Waals surface area contributed by atoms with Crippen molar-refractivity contribution in [1.29, 1.82) is 0 Å². The summed E-state index contributed by atoms with van der Waals surface area (Å²) in [5, 5.41) is 0. The van der Waals surface area contributed by atoms with Crippen molar-refractivity contribution in [2.24, 2.45) is 0 Å². The van der Waals surface area contributed by atoms with Gasteiger partial charge in [0.15, 0.2) is 11.6 Å². The highest BCUT2D eigenvalue weighted by Gasteiger charge is 2.28. The highest BCUT2D eigenvalue weighted by atomic mass is 32.2. The van der Waals surface area contributed by atoms with E-state index in [0.29, 0.717) is 28.2 Å². The maximum atomic E-state index is 12.1. The quantitative estimate of drug-likeness (QED) is 0.264. The van der Waals surface area contributed by atoms with Crippen LogP contribution in [0.1, 0.15) is 68.3 Å². The van der Waals surface area contributed by atoms with Gasteiger partial charge in [-0.25, -0.2) is 0 Å². The molecule has 4 aromatic rings. The summed E-state index contributed by atoms with van der Waals surface area (Å²) in [4.78, 5) is 27.0. The number of rotatable bonds is 1. The minimum atomic E-state index is -0.0641. The van der Waals surface area contributed by atoms with Crippen LogP contribution in [0.5, 0.6) is 0 Å². The van der Waals surface area contributed by atoms with Crippen molar-refractivity contribution < 1.29 is 9.59 Å². The van der Waals surface area contributed by atoms with Gasteiger partial charge in [-0.15, -0.1) is 0 Å². The second-order valence-electron chi connectivity index (χ2n) is 8.66. The molecule has 0 amide bonds. The molecule has 0 saturated heterocycles. The van der Waals surface area contributed by atoms with Crippen molar-refractivity contribution in [3.63, 3.8) is 0 Å². The van der Waals surface area contributed by atoms with E-state index < -0.39 is 0 Å². The first kappa shape index (κ1) is 21.4. The molecule has 0 atom stereocenters. The SMILES string of the molecule is CC(C)c1ccc2c(c1)Cc1ccccc1S2.O=C1c2ccccc2C(=O)c2ccccc21. The number of benzene rings is 4. The van der Waals surface area contributed by atoms with Crippen molar-refractivity contribution in [2.75, 3.05) is 0 Å². The molecule has 0 spiro atoms. The summed E-state index contributed by atoms with van der Waals surface area (Å²) < 4.78 is 0. The molecule has 0 aromatic heterocycles. The van der Waals surface area contributed by atoms with Crippen LogP contribution in [0.3, 0.4) is 0 Å². The zero-order valence-corrected chi connectivity index (χ0v) is 19.5. The molecule has 1 aliphatic carbocycles. The lowest BCUT2D eigenvalue weighted by atomic mass is 9.84. The van der Waals surface area contributed by atoms with Crippen molar-refractivity contribution >= 4 is 23.3 Å². The monoisotopic (exact) mass is 448 g/mol. The molecule has 0 fully saturated rings. The van der Waals surface area contributed by atoms with E-state index in [1.807, 2.05) is 11.8 Å². The molecule has 6 rings (SSSR count). The van der Waals surface area contributed by atoms with E-state index in [1.54, 1.807) is 48.5 Å². The largest absolute Gasteiger partial charge is 0.289 e. The Balaban J connectivity index is 0.000000139. The fraction of sp³-hybridized carbons (Fsp3) is 0.133. The Bertz CT molecular complexity index is 1280. The van der Waals surface area contributed by atoms with Gasteiger partial charge in [-0.1, -0.05) is 104 Å². The zero-order chi connectivity index (χ0) is 22.9. The maximum absolute atomic E-state index is 12.1. The van der Waals surface area contributed by atoms with Gasteiger partial charge < -0.3 is 0 Å². The second kappa shape index (κ2) is 8.84. The first-order chi connectivity index (χ1) is 16.0. The minimum Gasteiger partial charge on any atom is -0.289 e. The predicted molar refractivity (Wildman–Crippen MR) is 134 cm³/mol. The Kier molecular flexibility index (Phi) is 5.74. The summed E-state index contributed by atoms with van der Waals surface area (Å²) in [6, 6.07) is 29.6. The van der Waals surface area contributed by atoms with Crippen LogP contribution in [0.25, 0.3) is 0 Å². The van der Waals surface area contributed by atoms with E-state index in [0.717, 1.165) is 6.42 Å². The summed E-state index contributed by atoms with van der Waals surface area (Å²) in [7, 11) is 0. The van der Waals surface area contributed by atoms with Crippen molar-refractivity contribution in [3.05, 3.63) is 130 Å². The summed E-state index contributed by atoms with van der Waals surface area (Å²) in [5.41, 5.74) is 6.42. The number of hydrogen-bond acceptors (Lipinski definition) is 3. The van der Waals surface area contributed by atoms with Gasteiger partial charge in [-0.3, -0.25) is 9.59 Å². The van der Waals surface area contributed by atoms with Crippen LogP contribution in [-0.2, 0) is 6.42 Å². The van der Waals surface area contributed by atoms with Crippen LogP contribution >= 0.6 is 11.8 Å². The van der Waals surface area contributed by atoms with E-state index in [4.69, 9.17) is 0 Å². The Morgan fingerprint density at radius 1 is 0.606 bits per heavy atom. The summed E-state index contributed by atoms with van der Waals surface area (Å²) in [6.45, 7) is 4.51. The smallest absolute Gasteiger partial charge is 0.194 e. The molecule has 2 aliphatic rings. The number of carbonyl (C=O) groups is 2. The van der Waals surface area contributed by atoms with Crippen LogP contribution in [0, 0.1) is 0 Å². The molecular formula is C30H24O2S. The van der Waals surface area contributed by atoms with E-state index in [1.165, 1.54) is 26.5 Å². The van der Waals surface area contributed by atoms with E-state index in [9.17, 15) is 9.59 Å². The van der Waals surface area contributed by atoms with Gasteiger partial charge in [0.25, 0.3) is 0 Å². The Labute approximate surface area is 198 Å².